The lowest BCUT2D eigenvalue weighted by Crippen LogP contribution is -2.52. The zero-order chi connectivity index (χ0) is 25.9. The minimum atomic E-state index is -0.663. The molecule has 3 aromatic carbocycles. The van der Waals surface area contributed by atoms with E-state index in [1.807, 2.05) is 75.4 Å². The van der Waals surface area contributed by atoms with E-state index in [4.69, 9.17) is 0 Å². The molecule has 0 saturated carbocycles. The van der Waals surface area contributed by atoms with Gasteiger partial charge in [0.05, 0.1) is 5.75 Å². The molecule has 0 aliphatic heterocycles. The Morgan fingerprint density at radius 2 is 1.61 bits per heavy atom. The van der Waals surface area contributed by atoms with Gasteiger partial charge in [0.25, 0.3) is 0 Å². The van der Waals surface area contributed by atoms with E-state index in [1.165, 1.54) is 17.8 Å². The number of amides is 2. The molecule has 0 radical (unpaired) electrons. The Morgan fingerprint density at radius 1 is 0.944 bits per heavy atom. The van der Waals surface area contributed by atoms with Crippen molar-refractivity contribution in [2.45, 2.75) is 58.0 Å². The van der Waals surface area contributed by atoms with E-state index >= 15 is 0 Å². The molecule has 0 aliphatic carbocycles. The summed E-state index contributed by atoms with van der Waals surface area (Å²) in [4.78, 5) is 28.8. The minimum absolute atomic E-state index is 0.00234. The van der Waals surface area contributed by atoms with E-state index in [2.05, 4.69) is 5.32 Å². The maximum Gasteiger partial charge on any atom is 0.243 e. The second kappa shape index (κ2) is 13.8. The number of aryl methyl sites for hydroxylation is 1. The summed E-state index contributed by atoms with van der Waals surface area (Å²) in [6.45, 7) is 6.33. The van der Waals surface area contributed by atoms with E-state index in [0.717, 1.165) is 23.1 Å². The first kappa shape index (κ1) is 27.5. The first-order valence-electron chi connectivity index (χ1n) is 12.4. The molecule has 0 fully saturated rings. The predicted octanol–water partition coefficient (Wildman–Crippen LogP) is 5.92. The highest BCUT2D eigenvalue weighted by molar-refractivity contribution is 7.99. The predicted molar refractivity (Wildman–Crippen MR) is 146 cm³/mol. The van der Waals surface area contributed by atoms with Crippen molar-refractivity contribution < 1.29 is 14.0 Å². The number of carbonyl (C=O) groups excluding carboxylic acids is 2. The van der Waals surface area contributed by atoms with Crippen molar-refractivity contribution in [3.8, 4) is 0 Å². The molecule has 4 nitrogen and oxygen atoms in total. The topological polar surface area (TPSA) is 49.4 Å². The van der Waals surface area contributed by atoms with E-state index in [9.17, 15) is 14.0 Å². The van der Waals surface area contributed by atoms with Gasteiger partial charge < -0.3 is 10.2 Å². The van der Waals surface area contributed by atoms with Crippen LogP contribution in [0.5, 0.6) is 0 Å². The highest BCUT2D eigenvalue weighted by Gasteiger charge is 2.30. The van der Waals surface area contributed by atoms with Crippen LogP contribution in [0.15, 0.2) is 78.9 Å². The molecule has 0 heterocycles. The van der Waals surface area contributed by atoms with E-state index in [-0.39, 0.29) is 29.4 Å². The zero-order valence-electron chi connectivity index (χ0n) is 21.2. The van der Waals surface area contributed by atoms with E-state index in [0.29, 0.717) is 24.3 Å². The van der Waals surface area contributed by atoms with Gasteiger partial charge in [0.1, 0.15) is 11.9 Å². The van der Waals surface area contributed by atoms with Crippen LogP contribution >= 0.6 is 11.8 Å². The molecule has 3 aromatic rings. The van der Waals surface area contributed by atoms with Crippen LogP contribution in [0.3, 0.4) is 0 Å². The number of benzene rings is 3. The van der Waals surface area contributed by atoms with Crippen LogP contribution in [0.4, 0.5) is 4.39 Å². The van der Waals surface area contributed by atoms with Gasteiger partial charge in [0.15, 0.2) is 0 Å². The van der Waals surface area contributed by atoms with Crippen molar-refractivity contribution in [3.05, 3.63) is 107 Å². The molecule has 0 unspecified atom stereocenters. The molecule has 3 rings (SSSR count). The van der Waals surface area contributed by atoms with Crippen LogP contribution < -0.4 is 5.32 Å². The molecular weight excluding hydrogens is 471 g/mol. The fraction of sp³-hybridized carbons (Fsp3) is 0.333. The van der Waals surface area contributed by atoms with Crippen molar-refractivity contribution in [2.75, 3.05) is 5.75 Å². The Balaban J connectivity index is 1.85. The largest absolute Gasteiger partial charge is 0.352 e. The molecule has 6 heteroatoms. The quantitative estimate of drug-likeness (QED) is 0.332. The third-order valence-corrected chi connectivity index (χ3v) is 7.15. The molecule has 36 heavy (non-hydrogen) atoms. The molecule has 0 aromatic heterocycles. The Kier molecular flexibility index (Phi) is 10.6. The van der Waals surface area contributed by atoms with Gasteiger partial charge in [0, 0.05) is 24.8 Å². The van der Waals surface area contributed by atoms with Gasteiger partial charge in [-0.1, -0.05) is 85.3 Å². The Morgan fingerprint density at radius 3 is 2.28 bits per heavy atom. The average molecular weight is 507 g/mol. The van der Waals surface area contributed by atoms with Gasteiger partial charge in [-0.3, -0.25) is 9.59 Å². The van der Waals surface area contributed by atoms with Crippen molar-refractivity contribution in [3.63, 3.8) is 0 Å². The van der Waals surface area contributed by atoms with Crippen molar-refractivity contribution in [1.29, 1.82) is 0 Å². The number of hydrogen-bond acceptors (Lipinski definition) is 3. The average Bonchev–Trinajstić information content (AvgIpc) is 2.88. The molecule has 0 spiro atoms. The summed E-state index contributed by atoms with van der Waals surface area (Å²) >= 11 is 1.36. The highest BCUT2D eigenvalue weighted by Crippen LogP contribution is 2.20. The number of carbonyl (C=O) groups is 2. The van der Waals surface area contributed by atoms with Crippen molar-refractivity contribution in [2.24, 2.45) is 0 Å². The summed E-state index contributed by atoms with van der Waals surface area (Å²) in [7, 11) is 0. The summed E-state index contributed by atoms with van der Waals surface area (Å²) in [5, 5.41) is 3.08. The SMILES string of the molecule is CC[C@@H](C)NC(=O)[C@H](Cc1ccccc1)N(Cc1ccc(C)cc1)C(=O)CSCc1ccccc1F. The fourth-order valence-electron chi connectivity index (χ4n) is 3.83. The van der Waals surface area contributed by atoms with Gasteiger partial charge in [-0.15, -0.1) is 11.8 Å². The maximum absolute atomic E-state index is 14.1. The Labute approximate surface area is 218 Å². The number of rotatable bonds is 12. The molecule has 0 aliphatic rings. The summed E-state index contributed by atoms with van der Waals surface area (Å²) < 4.78 is 14.1. The highest BCUT2D eigenvalue weighted by atomic mass is 32.2. The molecule has 0 bridgehead atoms. The fourth-order valence-corrected chi connectivity index (χ4v) is 4.73. The zero-order valence-corrected chi connectivity index (χ0v) is 22.1. The summed E-state index contributed by atoms with van der Waals surface area (Å²) in [5.41, 5.74) is 3.65. The smallest absolute Gasteiger partial charge is 0.243 e. The first-order chi connectivity index (χ1) is 17.4. The van der Waals surface area contributed by atoms with Gasteiger partial charge in [-0.05, 0) is 43.0 Å². The number of thioether (sulfide) groups is 1. The summed E-state index contributed by atoms with van der Waals surface area (Å²) in [5.74, 6) is -0.0323. The summed E-state index contributed by atoms with van der Waals surface area (Å²) in [6.07, 6.45) is 1.22. The normalized spacial score (nSPS) is 12.6. The minimum Gasteiger partial charge on any atom is -0.352 e. The standard InChI is InChI=1S/C30H35FN2O2S/c1-4-23(3)32-30(35)28(18-24-10-6-5-7-11-24)33(19-25-16-14-22(2)15-17-25)29(34)21-36-20-26-12-8-9-13-27(26)31/h5-17,23,28H,4,18-21H2,1-3H3,(H,32,35)/t23-,28+/m1/s1. The van der Waals surface area contributed by atoms with Crippen LogP contribution in [-0.2, 0) is 28.3 Å². The number of hydrogen-bond donors (Lipinski definition) is 1. The molecule has 2 atom stereocenters. The molecule has 0 saturated heterocycles. The van der Waals surface area contributed by atoms with Crippen LogP contribution in [0.1, 0.15) is 42.5 Å². The number of nitrogens with one attached hydrogen (secondary N) is 1. The van der Waals surface area contributed by atoms with Crippen LogP contribution in [0.2, 0.25) is 0 Å². The monoisotopic (exact) mass is 506 g/mol. The number of nitrogens with zero attached hydrogens (tertiary/aromatic N) is 1. The number of halogens is 1. The third kappa shape index (κ3) is 8.23. The summed E-state index contributed by atoms with van der Waals surface area (Å²) in [6, 6.07) is 23.7. The molecular formula is C30H35FN2O2S. The van der Waals surface area contributed by atoms with Gasteiger partial charge >= 0.3 is 0 Å². The van der Waals surface area contributed by atoms with Crippen LogP contribution in [0, 0.1) is 12.7 Å². The third-order valence-electron chi connectivity index (χ3n) is 6.19. The van der Waals surface area contributed by atoms with Gasteiger partial charge in [0.2, 0.25) is 11.8 Å². The first-order valence-corrected chi connectivity index (χ1v) is 13.5. The van der Waals surface area contributed by atoms with Crippen molar-refractivity contribution >= 4 is 23.6 Å². The second-order valence-corrected chi connectivity index (χ2v) is 10.1. The molecule has 1 N–H and O–H groups in total. The van der Waals surface area contributed by atoms with E-state index < -0.39 is 6.04 Å². The second-order valence-electron chi connectivity index (χ2n) is 9.11. The Bertz CT molecular complexity index is 1120. The molecule has 2 amide bonds. The molecule has 190 valence electrons. The van der Waals surface area contributed by atoms with E-state index in [1.54, 1.807) is 23.1 Å². The maximum atomic E-state index is 14.1. The van der Waals surface area contributed by atoms with Crippen LogP contribution in [0.25, 0.3) is 0 Å². The lowest BCUT2D eigenvalue weighted by Gasteiger charge is -2.32. The Hall–Kier alpha value is -3.12. The van der Waals surface area contributed by atoms with Crippen molar-refractivity contribution in [1.82, 2.24) is 10.2 Å². The lowest BCUT2D eigenvalue weighted by molar-refractivity contribution is -0.139. The van der Waals surface area contributed by atoms with Gasteiger partial charge in [-0.2, -0.15) is 0 Å². The van der Waals surface area contributed by atoms with Gasteiger partial charge in [-0.25, -0.2) is 4.39 Å². The lowest BCUT2D eigenvalue weighted by atomic mass is 10.0. The van der Waals surface area contributed by atoms with Crippen LogP contribution in [-0.4, -0.2) is 34.6 Å².